The molecule has 0 fully saturated rings. The van der Waals surface area contributed by atoms with Crippen molar-refractivity contribution < 1.29 is 18.7 Å². The van der Waals surface area contributed by atoms with Crippen LogP contribution in [0.3, 0.4) is 0 Å². The average molecular weight is 392 g/mol. The fourth-order valence-electron chi connectivity index (χ4n) is 2.55. The van der Waals surface area contributed by atoms with Gasteiger partial charge in [-0.3, -0.25) is 15.0 Å². The number of amides is 1. The Kier molecular flexibility index (Phi) is 7.32. The van der Waals surface area contributed by atoms with Gasteiger partial charge in [0.2, 0.25) is 0 Å². The molecule has 28 heavy (non-hydrogen) atoms. The van der Waals surface area contributed by atoms with Crippen LogP contribution in [0.25, 0.3) is 0 Å². The van der Waals surface area contributed by atoms with E-state index in [0.29, 0.717) is 16.8 Å². The van der Waals surface area contributed by atoms with Gasteiger partial charge in [0.05, 0.1) is 6.04 Å². The smallest absolute Gasteiger partial charge is 0.255 e. The molecule has 0 saturated carbocycles. The molecule has 0 spiro atoms. The fraction of sp³-hybridized carbons (Fsp3) is 0.450. The first-order chi connectivity index (χ1) is 12.8. The molecule has 5 N–H and O–H groups in total. The second-order valence-corrected chi connectivity index (χ2v) is 7.34. The predicted octanol–water partition coefficient (Wildman–Crippen LogP) is 2.11. The third-order valence-corrected chi connectivity index (χ3v) is 4.30. The van der Waals surface area contributed by atoms with Gasteiger partial charge in [0.15, 0.2) is 11.7 Å². The maximum Gasteiger partial charge on any atom is 0.255 e. The molecule has 7 nitrogen and oxygen atoms in total. The predicted molar refractivity (Wildman–Crippen MR) is 107 cm³/mol. The number of Topliss-reactive ketones (excluding diaryl/α,β-unsaturated/α-hetero) is 1. The van der Waals surface area contributed by atoms with Gasteiger partial charge in [0, 0.05) is 35.9 Å². The van der Waals surface area contributed by atoms with E-state index < -0.39 is 17.5 Å². The zero-order chi connectivity index (χ0) is 21.8. The molecule has 1 unspecified atom stereocenters. The normalized spacial score (nSPS) is 17.4. The van der Waals surface area contributed by atoms with Gasteiger partial charge >= 0.3 is 0 Å². The molecule has 1 rings (SSSR count). The molecule has 0 radical (unpaired) electrons. The summed E-state index contributed by atoms with van der Waals surface area (Å²) in [5, 5.41) is 7.92. The summed E-state index contributed by atoms with van der Waals surface area (Å²) in [6.07, 6.45) is 2.90. The van der Waals surface area contributed by atoms with Crippen LogP contribution < -0.4 is 11.5 Å². The van der Waals surface area contributed by atoms with Gasteiger partial charge in [0.1, 0.15) is 18.0 Å². The van der Waals surface area contributed by atoms with E-state index in [4.69, 9.17) is 21.6 Å². The van der Waals surface area contributed by atoms with Crippen LogP contribution in [0.2, 0.25) is 0 Å². The Bertz CT molecular complexity index is 788. The number of nitrogens with one attached hydrogen (secondary N) is 1. The van der Waals surface area contributed by atoms with E-state index in [0.717, 1.165) is 0 Å². The largest absolute Gasteiger partial charge is 0.476 e. The number of nitrogens with two attached hydrogens (primary N) is 2. The summed E-state index contributed by atoms with van der Waals surface area (Å²) in [4.78, 5) is 25.6. The summed E-state index contributed by atoms with van der Waals surface area (Å²) in [6.45, 7) is 10.9. The van der Waals surface area contributed by atoms with Gasteiger partial charge in [-0.05, 0) is 33.8 Å². The van der Waals surface area contributed by atoms with Crippen molar-refractivity contribution in [3.05, 3.63) is 47.0 Å². The highest BCUT2D eigenvalue weighted by Gasteiger charge is 2.35. The highest BCUT2D eigenvalue weighted by molar-refractivity contribution is 6.45. The Balaban J connectivity index is 3.02. The molecule has 8 heteroatoms. The van der Waals surface area contributed by atoms with Gasteiger partial charge in [-0.1, -0.05) is 12.7 Å². The Hall–Kier alpha value is -2.90. The molecule has 1 aliphatic rings. The summed E-state index contributed by atoms with van der Waals surface area (Å²) in [6, 6.07) is -0.528. The van der Waals surface area contributed by atoms with Crippen LogP contribution in [-0.2, 0) is 14.3 Å². The van der Waals surface area contributed by atoms with Crippen LogP contribution in [0.15, 0.2) is 47.0 Å². The third-order valence-electron chi connectivity index (χ3n) is 4.30. The summed E-state index contributed by atoms with van der Waals surface area (Å²) < 4.78 is 18.8. The maximum atomic E-state index is 13.5. The summed E-state index contributed by atoms with van der Waals surface area (Å²) >= 11 is 0. The zero-order valence-electron chi connectivity index (χ0n) is 17.1. The number of ether oxygens (including phenoxy) is 1. The van der Waals surface area contributed by atoms with Crippen molar-refractivity contribution in [3.8, 4) is 0 Å². The van der Waals surface area contributed by atoms with Crippen LogP contribution in [0.1, 0.15) is 34.6 Å². The van der Waals surface area contributed by atoms with Crippen molar-refractivity contribution in [2.45, 2.75) is 46.3 Å². The second kappa shape index (κ2) is 8.86. The SMILES string of the molecule is C=CC1=C(C(=N)C(C)=O)CN(C(C)/C(N)=C/C(C)=C(\N)OCC(C)(C)F)C1=O. The number of hydrogen-bond donors (Lipinski definition) is 3. The lowest BCUT2D eigenvalue weighted by Gasteiger charge is -2.26. The number of alkyl halides is 1. The Morgan fingerprint density at radius 1 is 1.43 bits per heavy atom. The number of nitrogens with zero attached hydrogens (tertiary/aromatic N) is 1. The molecule has 154 valence electrons. The number of halogens is 1. The number of allylic oxidation sites excluding steroid dienone is 2. The average Bonchev–Trinajstić information content (AvgIpc) is 2.93. The minimum absolute atomic E-state index is 0.0394. The van der Waals surface area contributed by atoms with Crippen LogP contribution in [0.4, 0.5) is 4.39 Å². The van der Waals surface area contributed by atoms with Crippen molar-refractivity contribution in [2.24, 2.45) is 11.5 Å². The summed E-state index contributed by atoms with van der Waals surface area (Å²) in [7, 11) is 0. The highest BCUT2D eigenvalue weighted by Crippen LogP contribution is 2.25. The van der Waals surface area contributed by atoms with Crippen molar-refractivity contribution in [3.63, 3.8) is 0 Å². The van der Waals surface area contributed by atoms with E-state index in [1.54, 1.807) is 19.9 Å². The molecule has 1 aliphatic heterocycles. The molecule has 1 heterocycles. The van der Waals surface area contributed by atoms with Crippen molar-refractivity contribution in [2.75, 3.05) is 13.2 Å². The first-order valence-electron chi connectivity index (χ1n) is 8.81. The molecule has 0 aromatic carbocycles. The minimum atomic E-state index is -1.53. The van der Waals surface area contributed by atoms with Gasteiger partial charge in [0.25, 0.3) is 5.91 Å². The standard InChI is InChI=1S/C20H29FN4O3/c1-7-14-15(17(23)13(4)26)9-25(19(14)27)12(3)16(22)8-11(2)18(24)28-10-20(5,6)21/h7-8,12,23H,1,9-10,22,24H2,2-6H3/b16-8-,18-11+,23-17?. The van der Waals surface area contributed by atoms with Gasteiger partial charge < -0.3 is 21.1 Å². The third kappa shape index (κ3) is 5.55. The molecule has 0 aromatic rings. The summed E-state index contributed by atoms with van der Waals surface area (Å²) in [5.74, 6) is -0.748. The molecule has 0 saturated heterocycles. The van der Waals surface area contributed by atoms with Crippen molar-refractivity contribution >= 4 is 17.4 Å². The topological polar surface area (TPSA) is 122 Å². The lowest BCUT2D eigenvalue weighted by atomic mass is 10.0. The first-order valence-corrected chi connectivity index (χ1v) is 8.81. The van der Waals surface area contributed by atoms with Gasteiger partial charge in [-0.25, -0.2) is 4.39 Å². The molecule has 1 amide bonds. The van der Waals surface area contributed by atoms with E-state index >= 15 is 0 Å². The summed E-state index contributed by atoms with van der Waals surface area (Å²) in [5.41, 5.74) is 11.6. The Labute approximate surface area is 165 Å². The number of rotatable bonds is 9. The highest BCUT2D eigenvalue weighted by atomic mass is 19.1. The van der Waals surface area contributed by atoms with E-state index in [1.165, 1.54) is 31.7 Å². The second-order valence-electron chi connectivity index (χ2n) is 7.34. The molecular weight excluding hydrogens is 363 g/mol. The fourth-order valence-corrected chi connectivity index (χ4v) is 2.55. The minimum Gasteiger partial charge on any atom is -0.476 e. The molecule has 0 aliphatic carbocycles. The Morgan fingerprint density at radius 3 is 2.46 bits per heavy atom. The van der Waals surface area contributed by atoms with E-state index in [2.05, 4.69) is 6.58 Å². The van der Waals surface area contributed by atoms with Gasteiger partial charge in [-0.2, -0.15) is 0 Å². The zero-order valence-corrected chi connectivity index (χ0v) is 17.1. The van der Waals surface area contributed by atoms with Crippen LogP contribution in [0.5, 0.6) is 0 Å². The molecule has 0 bridgehead atoms. The number of ketones is 1. The molecule has 0 aromatic heterocycles. The Morgan fingerprint density at radius 2 is 2.00 bits per heavy atom. The number of hydrogen-bond acceptors (Lipinski definition) is 6. The monoisotopic (exact) mass is 392 g/mol. The lowest BCUT2D eigenvalue weighted by molar-refractivity contribution is -0.126. The van der Waals surface area contributed by atoms with Crippen LogP contribution in [0, 0.1) is 5.41 Å². The van der Waals surface area contributed by atoms with E-state index in [-0.39, 0.29) is 36.2 Å². The van der Waals surface area contributed by atoms with E-state index in [9.17, 15) is 14.0 Å². The van der Waals surface area contributed by atoms with Crippen LogP contribution >= 0.6 is 0 Å². The van der Waals surface area contributed by atoms with E-state index in [1.807, 2.05) is 0 Å². The van der Waals surface area contributed by atoms with Crippen LogP contribution in [-0.4, -0.2) is 47.2 Å². The van der Waals surface area contributed by atoms with Crippen molar-refractivity contribution in [1.29, 1.82) is 5.41 Å². The molecular formula is C20H29FN4O3. The number of carbonyl (C=O) groups excluding carboxylic acids is 2. The van der Waals surface area contributed by atoms with Crippen molar-refractivity contribution in [1.82, 2.24) is 4.90 Å². The first kappa shape index (κ1) is 23.1. The lowest BCUT2D eigenvalue weighted by Crippen LogP contribution is -2.39. The quantitative estimate of drug-likeness (QED) is 0.315. The van der Waals surface area contributed by atoms with Gasteiger partial charge in [-0.15, -0.1) is 0 Å². The maximum absolute atomic E-state index is 13.5. The number of carbonyl (C=O) groups is 2. The molecule has 1 atom stereocenters.